The standard InChI is InChI=1S/C9H17ClN4O3S/c1-7(15)5-11-3-4-13-18(16,17)9-8(10)6-12-14(9)2/h6-7,11,13,15H,3-5H2,1-2H3. The zero-order valence-electron chi connectivity index (χ0n) is 10.2. The molecule has 0 aliphatic rings. The minimum absolute atomic E-state index is 0.0558. The SMILES string of the molecule is CC(O)CNCCNS(=O)(=O)c1c(Cl)cnn1C. The number of rotatable bonds is 7. The topological polar surface area (TPSA) is 96.2 Å². The number of hydrogen-bond donors (Lipinski definition) is 3. The van der Waals surface area contributed by atoms with Crippen LogP contribution in [0.2, 0.25) is 5.02 Å². The van der Waals surface area contributed by atoms with Crippen LogP contribution in [-0.4, -0.2) is 49.0 Å². The van der Waals surface area contributed by atoms with Gasteiger partial charge < -0.3 is 10.4 Å². The number of aryl methyl sites for hydroxylation is 1. The fourth-order valence-electron chi connectivity index (χ4n) is 1.35. The van der Waals surface area contributed by atoms with Gasteiger partial charge in [-0.25, -0.2) is 13.1 Å². The summed E-state index contributed by atoms with van der Waals surface area (Å²) in [6, 6.07) is 0. The zero-order valence-corrected chi connectivity index (χ0v) is 11.8. The third kappa shape index (κ3) is 4.21. The molecular formula is C9H17ClN4O3S. The first-order valence-corrected chi connectivity index (χ1v) is 7.26. The van der Waals surface area contributed by atoms with E-state index in [2.05, 4.69) is 15.1 Å². The first-order chi connectivity index (χ1) is 8.34. The Bertz CT molecular complexity index is 467. The van der Waals surface area contributed by atoms with Crippen LogP contribution in [0.25, 0.3) is 0 Å². The first kappa shape index (κ1) is 15.4. The molecule has 1 heterocycles. The first-order valence-electron chi connectivity index (χ1n) is 5.40. The lowest BCUT2D eigenvalue weighted by atomic mass is 10.4. The summed E-state index contributed by atoms with van der Waals surface area (Å²) in [5, 5.41) is 15.7. The molecule has 18 heavy (non-hydrogen) atoms. The molecule has 9 heteroatoms. The van der Waals surface area contributed by atoms with E-state index in [0.29, 0.717) is 13.1 Å². The predicted octanol–water partition coefficient (Wildman–Crippen LogP) is -0.678. The van der Waals surface area contributed by atoms with Gasteiger partial charge in [0, 0.05) is 26.7 Å². The number of aromatic nitrogens is 2. The number of aliphatic hydroxyl groups is 1. The highest BCUT2D eigenvalue weighted by Crippen LogP contribution is 2.18. The summed E-state index contributed by atoms with van der Waals surface area (Å²) in [5.74, 6) is 0. The highest BCUT2D eigenvalue weighted by atomic mass is 35.5. The molecule has 1 rings (SSSR count). The van der Waals surface area contributed by atoms with E-state index in [9.17, 15) is 8.42 Å². The van der Waals surface area contributed by atoms with Crippen molar-refractivity contribution in [3.8, 4) is 0 Å². The molecule has 1 atom stereocenters. The van der Waals surface area contributed by atoms with Crippen LogP contribution in [0.1, 0.15) is 6.92 Å². The third-order valence-electron chi connectivity index (χ3n) is 2.13. The van der Waals surface area contributed by atoms with E-state index in [1.807, 2.05) is 0 Å². The van der Waals surface area contributed by atoms with Gasteiger partial charge in [-0.2, -0.15) is 5.10 Å². The second-order valence-electron chi connectivity index (χ2n) is 3.87. The Hall–Kier alpha value is -0.670. The van der Waals surface area contributed by atoms with E-state index in [0.717, 1.165) is 0 Å². The molecule has 0 saturated heterocycles. The summed E-state index contributed by atoms with van der Waals surface area (Å²) in [6.45, 7) is 2.68. The Balaban J connectivity index is 2.51. The lowest BCUT2D eigenvalue weighted by Crippen LogP contribution is -2.35. The van der Waals surface area contributed by atoms with E-state index in [-0.39, 0.29) is 16.6 Å². The Morgan fingerprint density at radius 3 is 2.72 bits per heavy atom. The Labute approximate surface area is 111 Å². The van der Waals surface area contributed by atoms with Gasteiger partial charge in [0.25, 0.3) is 10.0 Å². The largest absolute Gasteiger partial charge is 0.392 e. The maximum Gasteiger partial charge on any atom is 0.259 e. The predicted molar refractivity (Wildman–Crippen MR) is 68.0 cm³/mol. The van der Waals surface area contributed by atoms with Gasteiger partial charge in [-0.05, 0) is 6.92 Å². The summed E-state index contributed by atoms with van der Waals surface area (Å²) >= 11 is 5.76. The van der Waals surface area contributed by atoms with Crippen molar-refractivity contribution in [2.24, 2.45) is 7.05 Å². The van der Waals surface area contributed by atoms with Crippen LogP contribution < -0.4 is 10.0 Å². The van der Waals surface area contributed by atoms with Crippen molar-refractivity contribution in [1.82, 2.24) is 19.8 Å². The van der Waals surface area contributed by atoms with Crippen LogP contribution >= 0.6 is 11.6 Å². The van der Waals surface area contributed by atoms with Crippen molar-refractivity contribution in [1.29, 1.82) is 0 Å². The van der Waals surface area contributed by atoms with Crippen molar-refractivity contribution in [3.63, 3.8) is 0 Å². The van der Waals surface area contributed by atoms with Crippen LogP contribution in [0.15, 0.2) is 11.2 Å². The molecule has 0 fully saturated rings. The Kier molecular flexibility index (Phi) is 5.54. The van der Waals surface area contributed by atoms with Gasteiger partial charge in [-0.15, -0.1) is 0 Å². The molecule has 0 radical (unpaired) electrons. The van der Waals surface area contributed by atoms with Crippen LogP contribution in [-0.2, 0) is 17.1 Å². The maximum absolute atomic E-state index is 11.9. The van der Waals surface area contributed by atoms with E-state index in [1.165, 1.54) is 17.9 Å². The van der Waals surface area contributed by atoms with Crippen molar-refractivity contribution < 1.29 is 13.5 Å². The quantitative estimate of drug-likeness (QED) is 0.580. The molecular weight excluding hydrogens is 280 g/mol. The van der Waals surface area contributed by atoms with Gasteiger partial charge in [0.05, 0.1) is 17.3 Å². The van der Waals surface area contributed by atoms with Gasteiger partial charge in [-0.1, -0.05) is 11.6 Å². The summed E-state index contributed by atoms with van der Waals surface area (Å²) in [5.41, 5.74) is 0. The van der Waals surface area contributed by atoms with Crippen molar-refractivity contribution in [3.05, 3.63) is 11.2 Å². The summed E-state index contributed by atoms with van der Waals surface area (Å²) in [7, 11) is -2.16. The van der Waals surface area contributed by atoms with Crippen LogP contribution in [0, 0.1) is 0 Å². The van der Waals surface area contributed by atoms with E-state index < -0.39 is 16.1 Å². The Morgan fingerprint density at radius 2 is 2.22 bits per heavy atom. The molecule has 0 aliphatic heterocycles. The molecule has 0 amide bonds. The minimum atomic E-state index is -3.66. The molecule has 0 spiro atoms. The molecule has 0 aliphatic carbocycles. The van der Waals surface area contributed by atoms with Crippen LogP contribution in [0.4, 0.5) is 0 Å². The fourth-order valence-corrected chi connectivity index (χ4v) is 3.04. The number of hydrogen-bond acceptors (Lipinski definition) is 5. The van der Waals surface area contributed by atoms with Crippen LogP contribution in [0.5, 0.6) is 0 Å². The fraction of sp³-hybridized carbons (Fsp3) is 0.667. The average molecular weight is 297 g/mol. The summed E-state index contributed by atoms with van der Waals surface area (Å²) < 4.78 is 27.4. The zero-order chi connectivity index (χ0) is 13.8. The number of nitrogens with one attached hydrogen (secondary N) is 2. The van der Waals surface area contributed by atoms with E-state index in [4.69, 9.17) is 16.7 Å². The van der Waals surface area contributed by atoms with Crippen LogP contribution in [0.3, 0.4) is 0 Å². The second-order valence-corrected chi connectivity index (χ2v) is 5.96. The average Bonchev–Trinajstić information content (AvgIpc) is 2.57. The highest BCUT2D eigenvalue weighted by molar-refractivity contribution is 7.89. The molecule has 7 nitrogen and oxygen atoms in total. The third-order valence-corrected chi connectivity index (χ3v) is 4.10. The summed E-state index contributed by atoms with van der Waals surface area (Å²) in [6.07, 6.45) is 0.815. The van der Waals surface area contributed by atoms with Crippen molar-refractivity contribution >= 4 is 21.6 Å². The van der Waals surface area contributed by atoms with Gasteiger partial charge >= 0.3 is 0 Å². The number of halogens is 1. The number of aliphatic hydroxyl groups excluding tert-OH is 1. The molecule has 0 saturated carbocycles. The molecule has 104 valence electrons. The molecule has 0 bridgehead atoms. The van der Waals surface area contributed by atoms with Gasteiger partial charge in [0.2, 0.25) is 0 Å². The Morgan fingerprint density at radius 1 is 1.56 bits per heavy atom. The molecule has 1 aromatic heterocycles. The van der Waals surface area contributed by atoms with E-state index >= 15 is 0 Å². The highest BCUT2D eigenvalue weighted by Gasteiger charge is 2.21. The normalized spacial score (nSPS) is 13.8. The monoisotopic (exact) mass is 296 g/mol. The molecule has 3 N–H and O–H groups in total. The number of nitrogens with zero attached hydrogens (tertiary/aromatic N) is 2. The van der Waals surface area contributed by atoms with Gasteiger partial charge in [0.1, 0.15) is 0 Å². The van der Waals surface area contributed by atoms with Crippen molar-refractivity contribution in [2.75, 3.05) is 19.6 Å². The second kappa shape index (κ2) is 6.48. The minimum Gasteiger partial charge on any atom is -0.392 e. The molecule has 1 aromatic rings. The lowest BCUT2D eigenvalue weighted by Gasteiger charge is -2.09. The molecule has 1 unspecified atom stereocenters. The van der Waals surface area contributed by atoms with Gasteiger partial charge in [0.15, 0.2) is 5.03 Å². The lowest BCUT2D eigenvalue weighted by molar-refractivity contribution is 0.192. The summed E-state index contributed by atoms with van der Waals surface area (Å²) in [4.78, 5) is 0. The number of sulfonamides is 1. The van der Waals surface area contributed by atoms with E-state index in [1.54, 1.807) is 6.92 Å². The van der Waals surface area contributed by atoms with Gasteiger partial charge in [-0.3, -0.25) is 4.68 Å². The maximum atomic E-state index is 11.9. The van der Waals surface area contributed by atoms with Crippen molar-refractivity contribution in [2.45, 2.75) is 18.1 Å². The molecule has 0 aromatic carbocycles. The smallest absolute Gasteiger partial charge is 0.259 e.